The highest BCUT2D eigenvalue weighted by Crippen LogP contribution is 2.34. The summed E-state index contributed by atoms with van der Waals surface area (Å²) < 4.78 is 5.78. The van der Waals surface area contributed by atoms with Crippen LogP contribution in [-0.4, -0.2) is 35.8 Å². The third kappa shape index (κ3) is 4.62. The van der Waals surface area contributed by atoms with Crippen LogP contribution in [0.1, 0.15) is 62.9 Å². The molecule has 0 radical (unpaired) electrons. The van der Waals surface area contributed by atoms with Crippen LogP contribution in [0.4, 0.5) is 5.69 Å². The number of anilines is 1. The quantitative estimate of drug-likeness (QED) is 0.691. The highest BCUT2D eigenvalue weighted by molar-refractivity contribution is 6.00. The van der Waals surface area contributed by atoms with Gasteiger partial charge in [-0.1, -0.05) is 13.8 Å². The van der Waals surface area contributed by atoms with Crippen LogP contribution in [0.2, 0.25) is 0 Å². The van der Waals surface area contributed by atoms with E-state index < -0.39 is 17.5 Å². The minimum atomic E-state index is -0.793. The Bertz CT molecular complexity index is 1090. The molecule has 1 aromatic carbocycles. The van der Waals surface area contributed by atoms with E-state index in [-0.39, 0.29) is 23.5 Å². The summed E-state index contributed by atoms with van der Waals surface area (Å²) in [6, 6.07) is 8.47. The Labute approximate surface area is 186 Å². The summed E-state index contributed by atoms with van der Waals surface area (Å²) >= 11 is 0. The predicted molar refractivity (Wildman–Crippen MR) is 119 cm³/mol. The van der Waals surface area contributed by atoms with Crippen molar-refractivity contribution in [3.05, 3.63) is 30.0 Å². The number of carbonyl (C=O) groups excluding carboxylic acids is 3. The molecule has 168 valence electrons. The molecule has 4 rings (SSSR count). The van der Waals surface area contributed by atoms with Crippen LogP contribution in [0.25, 0.3) is 11.0 Å². The van der Waals surface area contributed by atoms with Gasteiger partial charge in [-0.3, -0.25) is 14.4 Å². The Balaban J connectivity index is 1.50. The number of carbonyl (C=O) groups is 3. The van der Waals surface area contributed by atoms with Crippen LogP contribution in [-0.2, 0) is 9.59 Å². The maximum atomic E-state index is 12.9. The number of amides is 3. The SMILES string of the molecule is CC(C)C[C@H](NC(=O)c1cc2ccc(N3CCCCC3=O)cc2o1)C(=O)NC1(C#N)CC1. The molecule has 0 bridgehead atoms. The standard InChI is InChI=1S/C24H28N4O4/c1-15(2)11-18(22(30)27-24(14-25)8-9-24)26-23(31)20-12-16-6-7-17(13-19(16)32-20)28-10-4-3-5-21(28)29/h6-7,12-13,15,18H,3-5,8-11H2,1-2H3,(H,26,31)(H,27,30)/t18-/m0/s1. The number of fused-ring (bicyclic) bond motifs is 1. The molecule has 2 aliphatic rings. The van der Waals surface area contributed by atoms with Crippen molar-refractivity contribution in [2.75, 3.05) is 11.4 Å². The van der Waals surface area contributed by atoms with E-state index in [0.717, 1.165) is 23.9 Å². The van der Waals surface area contributed by atoms with E-state index >= 15 is 0 Å². The highest BCUT2D eigenvalue weighted by Gasteiger charge is 2.45. The molecule has 1 aliphatic heterocycles. The topological polar surface area (TPSA) is 115 Å². The molecule has 0 unspecified atom stereocenters. The fourth-order valence-electron chi connectivity index (χ4n) is 4.02. The van der Waals surface area contributed by atoms with Crippen molar-refractivity contribution >= 4 is 34.4 Å². The van der Waals surface area contributed by atoms with Gasteiger partial charge in [0.2, 0.25) is 11.8 Å². The summed E-state index contributed by atoms with van der Waals surface area (Å²) in [7, 11) is 0. The highest BCUT2D eigenvalue weighted by atomic mass is 16.3. The van der Waals surface area contributed by atoms with Gasteiger partial charge in [0.1, 0.15) is 17.2 Å². The van der Waals surface area contributed by atoms with Gasteiger partial charge in [0.25, 0.3) is 5.91 Å². The molecule has 2 aromatic rings. The third-order valence-corrected chi connectivity index (χ3v) is 6.02. The van der Waals surface area contributed by atoms with Crippen molar-refractivity contribution in [2.45, 2.75) is 64.0 Å². The van der Waals surface area contributed by atoms with E-state index in [4.69, 9.17) is 4.42 Å². The molecule has 8 nitrogen and oxygen atoms in total. The third-order valence-electron chi connectivity index (χ3n) is 6.02. The first-order valence-electron chi connectivity index (χ1n) is 11.2. The monoisotopic (exact) mass is 436 g/mol. The number of piperidine rings is 1. The summed E-state index contributed by atoms with van der Waals surface area (Å²) in [6.07, 6.45) is 4.11. The molecule has 1 aromatic heterocycles. The lowest BCUT2D eigenvalue weighted by Gasteiger charge is -2.26. The molecule has 8 heteroatoms. The van der Waals surface area contributed by atoms with Gasteiger partial charge in [-0.15, -0.1) is 0 Å². The van der Waals surface area contributed by atoms with Crippen molar-refractivity contribution < 1.29 is 18.8 Å². The lowest BCUT2D eigenvalue weighted by atomic mass is 10.0. The summed E-state index contributed by atoms with van der Waals surface area (Å²) in [5, 5.41) is 15.5. The van der Waals surface area contributed by atoms with Crippen LogP contribution in [0, 0.1) is 17.2 Å². The van der Waals surface area contributed by atoms with Crippen molar-refractivity contribution in [3.63, 3.8) is 0 Å². The smallest absolute Gasteiger partial charge is 0.287 e. The van der Waals surface area contributed by atoms with E-state index in [0.29, 0.717) is 37.8 Å². The van der Waals surface area contributed by atoms with Gasteiger partial charge in [-0.2, -0.15) is 5.26 Å². The van der Waals surface area contributed by atoms with Gasteiger partial charge in [-0.25, -0.2) is 0 Å². The van der Waals surface area contributed by atoms with Gasteiger partial charge in [0, 0.05) is 30.1 Å². The maximum absolute atomic E-state index is 12.9. The van der Waals surface area contributed by atoms with E-state index in [9.17, 15) is 19.6 Å². The first-order chi connectivity index (χ1) is 15.3. The second kappa shape index (κ2) is 8.65. The average Bonchev–Trinajstić information content (AvgIpc) is 3.40. The number of hydrogen-bond acceptors (Lipinski definition) is 5. The molecule has 2 heterocycles. The van der Waals surface area contributed by atoms with Crippen molar-refractivity contribution in [1.29, 1.82) is 5.26 Å². The summed E-state index contributed by atoms with van der Waals surface area (Å²) in [4.78, 5) is 39.6. The molecule has 1 saturated carbocycles. The summed E-state index contributed by atoms with van der Waals surface area (Å²) in [5.41, 5.74) is 0.475. The van der Waals surface area contributed by atoms with E-state index in [1.165, 1.54) is 0 Å². The Morgan fingerprint density at radius 3 is 2.69 bits per heavy atom. The van der Waals surface area contributed by atoms with Crippen molar-refractivity contribution in [3.8, 4) is 6.07 Å². The molecular formula is C24H28N4O4. The Kier molecular flexibility index (Phi) is 5.92. The number of furan rings is 1. The number of benzene rings is 1. The van der Waals surface area contributed by atoms with Crippen LogP contribution in [0.3, 0.4) is 0 Å². The first kappa shape index (κ1) is 21.9. The van der Waals surface area contributed by atoms with Crippen LogP contribution in [0.5, 0.6) is 0 Å². The Hall–Kier alpha value is -3.34. The zero-order chi connectivity index (χ0) is 22.9. The van der Waals surface area contributed by atoms with E-state index in [1.807, 2.05) is 26.0 Å². The number of nitriles is 1. The minimum Gasteiger partial charge on any atom is -0.451 e. The first-order valence-corrected chi connectivity index (χ1v) is 11.2. The lowest BCUT2D eigenvalue weighted by Crippen LogP contribution is -2.50. The van der Waals surface area contributed by atoms with Gasteiger partial charge >= 0.3 is 0 Å². The van der Waals surface area contributed by atoms with Gasteiger partial charge in [-0.05, 0) is 56.2 Å². The Morgan fingerprint density at radius 1 is 1.25 bits per heavy atom. The van der Waals surface area contributed by atoms with Crippen molar-refractivity contribution in [2.24, 2.45) is 5.92 Å². The van der Waals surface area contributed by atoms with Crippen LogP contribution in [0.15, 0.2) is 28.7 Å². The molecular weight excluding hydrogens is 408 g/mol. The number of nitrogens with zero attached hydrogens (tertiary/aromatic N) is 2. The molecule has 1 atom stereocenters. The fraction of sp³-hybridized carbons (Fsp3) is 0.500. The average molecular weight is 437 g/mol. The fourth-order valence-corrected chi connectivity index (χ4v) is 4.02. The van der Waals surface area contributed by atoms with Crippen LogP contribution >= 0.6 is 0 Å². The van der Waals surface area contributed by atoms with Gasteiger partial charge in [0.15, 0.2) is 5.76 Å². The number of rotatable bonds is 7. The second-order valence-corrected chi connectivity index (χ2v) is 9.17. The zero-order valence-corrected chi connectivity index (χ0v) is 18.4. The molecule has 32 heavy (non-hydrogen) atoms. The number of hydrogen-bond donors (Lipinski definition) is 2. The largest absolute Gasteiger partial charge is 0.451 e. The molecule has 2 fully saturated rings. The summed E-state index contributed by atoms with van der Waals surface area (Å²) in [6.45, 7) is 4.61. The number of nitrogens with one attached hydrogen (secondary N) is 2. The van der Waals surface area contributed by atoms with E-state index in [1.54, 1.807) is 17.0 Å². The maximum Gasteiger partial charge on any atom is 0.287 e. The van der Waals surface area contributed by atoms with Crippen LogP contribution < -0.4 is 15.5 Å². The zero-order valence-electron chi connectivity index (χ0n) is 18.4. The lowest BCUT2D eigenvalue weighted by molar-refractivity contribution is -0.124. The van der Waals surface area contributed by atoms with E-state index in [2.05, 4.69) is 16.7 Å². The minimum absolute atomic E-state index is 0.0912. The summed E-state index contributed by atoms with van der Waals surface area (Å²) in [5.74, 6) is -0.477. The molecule has 3 amide bonds. The molecule has 1 aliphatic carbocycles. The molecule has 0 spiro atoms. The van der Waals surface area contributed by atoms with Crippen molar-refractivity contribution in [1.82, 2.24) is 10.6 Å². The second-order valence-electron chi connectivity index (χ2n) is 9.17. The van der Waals surface area contributed by atoms with Gasteiger partial charge < -0.3 is 20.0 Å². The molecule has 1 saturated heterocycles. The Morgan fingerprint density at radius 2 is 2.03 bits per heavy atom. The normalized spacial score (nSPS) is 18.3. The molecule has 2 N–H and O–H groups in total. The van der Waals surface area contributed by atoms with Gasteiger partial charge in [0.05, 0.1) is 6.07 Å². The predicted octanol–water partition coefficient (Wildman–Crippen LogP) is 3.27.